The van der Waals surface area contributed by atoms with E-state index in [0.29, 0.717) is 17.5 Å². The highest BCUT2D eigenvalue weighted by molar-refractivity contribution is 7.26. The fraction of sp³-hybridized carbons (Fsp3) is 0.0444. The van der Waals surface area contributed by atoms with Crippen LogP contribution in [0.15, 0.2) is 152 Å². The minimum absolute atomic E-state index is 0.0583. The summed E-state index contributed by atoms with van der Waals surface area (Å²) >= 11 is 3.63. The van der Waals surface area contributed by atoms with Crippen LogP contribution >= 0.6 is 22.7 Å². The molecule has 2 atom stereocenters. The number of hydrogen-bond donors (Lipinski definition) is 0. The Hall–Kier alpha value is -5.95. The predicted molar refractivity (Wildman–Crippen MR) is 213 cm³/mol. The van der Waals surface area contributed by atoms with Crippen LogP contribution in [-0.4, -0.2) is 21.1 Å². The molecule has 0 fully saturated rings. The minimum atomic E-state index is -0.166. The number of ether oxygens (including phenoxy) is 1. The number of fused-ring (bicyclic) bond motifs is 9. The number of aromatic nitrogens is 3. The van der Waals surface area contributed by atoms with Gasteiger partial charge in [0, 0.05) is 68.2 Å². The van der Waals surface area contributed by atoms with Crippen molar-refractivity contribution in [1.29, 1.82) is 0 Å². The molecular weight excluding hydrogens is 663 g/mol. The van der Waals surface area contributed by atoms with Crippen molar-refractivity contribution in [2.45, 2.75) is 12.0 Å². The summed E-state index contributed by atoms with van der Waals surface area (Å²) in [6, 6.07) is 47.2. The number of para-hydroxylation sites is 1. The summed E-state index contributed by atoms with van der Waals surface area (Å²) < 4.78 is 11.9. The SMILES string of the molecule is C1=CC2Oc3c(-c4ccc5c(c4)sc4ccccc45)cccc3C2C(c2nc(-c3ccccc3)nc(-c3cccc4c3sc3ccccc34)n2)=C1. The van der Waals surface area contributed by atoms with Crippen molar-refractivity contribution >= 4 is 68.6 Å². The summed E-state index contributed by atoms with van der Waals surface area (Å²) in [4.78, 5) is 15.6. The molecule has 4 nitrogen and oxygen atoms in total. The van der Waals surface area contributed by atoms with Gasteiger partial charge >= 0.3 is 0 Å². The van der Waals surface area contributed by atoms with Gasteiger partial charge in [-0.25, -0.2) is 15.0 Å². The maximum atomic E-state index is 6.85. The average Bonchev–Trinajstić information content (AvgIpc) is 3.89. The van der Waals surface area contributed by atoms with Crippen LogP contribution in [-0.2, 0) is 0 Å². The molecule has 0 bridgehead atoms. The Bertz CT molecular complexity index is 2920. The van der Waals surface area contributed by atoms with Crippen LogP contribution in [0.3, 0.4) is 0 Å². The molecule has 0 amide bonds. The van der Waals surface area contributed by atoms with Crippen LogP contribution in [0.25, 0.3) is 79.8 Å². The molecule has 0 radical (unpaired) electrons. The Morgan fingerprint density at radius 2 is 1.20 bits per heavy atom. The van der Waals surface area contributed by atoms with E-state index in [1.54, 1.807) is 11.3 Å². The van der Waals surface area contributed by atoms with Crippen molar-refractivity contribution in [3.63, 3.8) is 0 Å². The zero-order chi connectivity index (χ0) is 33.5. The highest BCUT2D eigenvalue weighted by atomic mass is 32.1. The Labute approximate surface area is 301 Å². The molecule has 51 heavy (non-hydrogen) atoms. The summed E-state index contributed by atoms with van der Waals surface area (Å²) in [7, 11) is 0. The van der Waals surface area contributed by atoms with Gasteiger partial charge in [0.2, 0.25) is 0 Å². The molecule has 240 valence electrons. The van der Waals surface area contributed by atoms with Crippen LogP contribution in [0.5, 0.6) is 5.75 Å². The Morgan fingerprint density at radius 3 is 2.08 bits per heavy atom. The zero-order valence-electron chi connectivity index (χ0n) is 27.2. The monoisotopic (exact) mass is 689 g/mol. The second kappa shape index (κ2) is 11.3. The lowest BCUT2D eigenvalue weighted by molar-refractivity contribution is 0.272. The maximum Gasteiger partial charge on any atom is 0.165 e. The molecule has 6 heteroatoms. The number of rotatable bonds is 4. The van der Waals surface area contributed by atoms with Gasteiger partial charge in [0.1, 0.15) is 11.9 Å². The molecule has 1 aliphatic carbocycles. The first-order chi connectivity index (χ1) is 25.3. The van der Waals surface area contributed by atoms with Crippen LogP contribution < -0.4 is 4.74 Å². The van der Waals surface area contributed by atoms with Gasteiger partial charge in [-0.1, -0.05) is 121 Å². The second-order valence-electron chi connectivity index (χ2n) is 13.1. The zero-order valence-corrected chi connectivity index (χ0v) is 28.8. The van der Waals surface area contributed by atoms with Crippen molar-refractivity contribution in [3.05, 3.63) is 163 Å². The topological polar surface area (TPSA) is 47.9 Å². The van der Waals surface area contributed by atoms with Gasteiger partial charge in [-0.3, -0.25) is 0 Å². The van der Waals surface area contributed by atoms with Crippen molar-refractivity contribution in [2.75, 3.05) is 0 Å². The second-order valence-corrected chi connectivity index (χ2v) is 15.2. The molecule has 0 spiro atoms. The number of benzene rings is 6. The van der Waals surface area contributed by atoms with Gasteiger partial charge in [0.05, 0.1) is 5.92 Å². The minimum Gasteiger partial charge on any atom is -0.484 e. The maximum absolute atomic E-state index is 6.85. The first-order valence-corrected chi connectivity index (χ1v) is 18.7. The van der Waals surface area contributed by atoms with Gasteiger partial charge < -0.3 is 4.74 Å². The first kappa shape index (κ1) is 28.8. The average molecular weight is 690 g/mol. The number of hydrogen-bond acceptors (Lipinski definition) is 6. The highest BCUT2D eigenvalue weighted by Crippen LogP contribution is 2.52. The molecule has 3 aromatic heterocycles. The largest absolute Gasteiger partial charge is 0.484 e. The third-order valence-electron chi connectivity index (χ3n) is 10.1. The molecule has 0 saturated heterocycles. The lowest BCUT2D eigenvalue weighted by Crippen LogP contribution is -2.20. The third kappa shape index (κ3) is 4.54. The van der Waals surface area contributed by atoms with E-state index in [4.69, 9.17) is 19.7 Å². The number of allylic oxidation sites excluding steroid dienone is 2. The van der Waals surface area contributed by atoms with Crippen molar-refractivity contribution in [1.82, 2.24) is 15.0 Å². The Morgan fingerprint density at radius 1 is 0.510 bits per heavy atom. The van der Waals surface area contributed by atoms with E-state index in [1.165, 1.54) is 40.3 Å². The van der Waals surface area contributed by atoms with Gasteiger partial charge in [-0.15, -0.1) is 22.7 Å². The summed E-state index contributed by atoms with van der Waals surface area (Å²) in [5.41, 5.74) is 6.41. The molecule has 11 rings (SSSR count). The van der Waals surface area contributed by atoms with Crippen LogP contribution in [0.2, 0.25) is 0 Å². The van der Waals surface area contributed by atoms with Crippen LogP contribution in [0.4, 0.5) is 0 Å². The lowest BCUT2D eigenvalue weighted by atomic mass is 9.83. The van der Waals surface area contributed by atoms with Crippen molar-refractivity contribution in [3.8, 4) is 39.7 Å². The summed E-state index contributed by atoms with van der Waals surface area (Å²) in [6.45, 7) is 0. The quantitative estimate of drug-likeness (QED) is 0.185. The van der Waals surface area contributed by atoms with Gasteiger partial charge in [0.15, 0.2) is 17.5 Å². The van der Waals surface area contributed by atoms with Gasteiger partial charge in [-0.05, 0) is 35.9 Å². The molecule has 0 saturated carbocycles. The smallest absolute Gasteiger partial charge is 0.165 e. The van der Waals surface area contributed by atoms with Gasteiger partial charge in [0.25, 0.3) is 0 Å². The number of thiophene rings is 2. The van der Waals surface area contributed by atoms with E-state index >= 15 is 0 Å². The fourth-order valence-electron chi connectivity index (χ4n) is 7.78. The number of nitrogens with zero attached hydrogens (tertiary/aromatic N) is 3. The highest BCUT2D eigenvalue weighted by Gasteiger charge is 2.40. The van der Waals surface area contributed by atoms with E-state index in [-0.39, 0.29) is 12.0 Å². The summed E-state index contributed by atoms with van der Waals surface area (Å²) in [5.74, 6) is 2.87. The Balaban J connectivity index is 1.06. The lowest BCUT2D eigenvalue weighted by Gasteiger charge is -2.22. The normalized spacial score (nSPS) is 16.4. The standard InChI is InChI=1S/C45H27N3OS2/c1-2-11-26(12-3-1)43-46-44(48-45(47-43)35-19-9-16-32-30-14-5-7-22-38(30)51-42(32)35)34-18-10-20-36-40(34)33-17-8-15-28(41(33)49-36)27-23-24-31-29-13-4-6-21-37(29)50-39(31)25-27/h1-25,36,40H. The molecular formula is C45H27N3OS2. The molecule has 6 aromatic carbocycles. The van der Waals surface area contributed by atoms with Crippen molar-refractivity contribution in [2.24, 2.45) is 0 Å². The summed E-state index contributed by atoms with van der Waals surface area (Å²) in [6.07, 6.45) is 6.24. The molecule has 9 aromatic rings. The first-order valence-electron chi connectivity index (χ1n) is 17.1. The fourth-order valence-corrected chi connectivity index (χ4v) is 10.1. The predicted octanol–water partition coefficient (Wildman–Crippen LogP) is 12.1. The Kier molecular flexibility index (Phi) is 6.38. The van der Waals surface area contributed by atoms with Crippen molar-refractivity contribution < 1.29 is 4.74 Å². The van der Waals surface area contributed by atoms with E-state index < -0.39 is 0 Å². The molecule has 2 aliphatic rings. The summed E-state index contributed by atoms with van der Waals surface area (Å²) in [5, 5.41) is 5.07. The van der Waals surface area contributed by atoms with Gasteiger partial charge in [-0.2, -0.15) is 0 Å². The van der Waals surface area contributed by atoms with Crippen LogP contribution in [0, 0.1) is 0 Å². The molecule has 2 unspecified atom stereocenters. The molecule has 0 N–H and O–H groups in total. The van der Waals surface area contributed by atoms with E-state index in [0.717, 1.165) is 39.1 Å². The molecule has 4 heterocycles. The van der Waals surface area contributed by atoms with E-state index in [1.807, 2.05) is 29.5 Å². The third-order valence-corrected chi connectivity index (χ3v) is 12.5. The molecule has 1 aliphatic heterocycles. The van der Waals surface area contributed by atoms with E-state index in [9.17, 15) is 0 Å². The van der Waals surface area contributed by atoms with Crippen LogP contribution in [0.1, 0.15) is 17.3 Å². The van der Waals surface area contributed by atoms with E-state index in [2.05, 4.69) is 133 Å².